The second-order valence-corrected chi connectivity index (χ2v) is 4.56. The minimum Gasteiger partial charge on any atom is -0.0622 e. The maximum Gasteiger partial charge on any atom is -0.0261 e. The monoisotopic (exact) mass is 122 g/mol. The fourth-order valence-corrected chi connectivity index (χ4v) is 3.82. The summed E-state index contributed by atoms with van der Waals surface area (Å²) in [6, 6.07) is 0. The number of fused-ring (bicyclic) bond motifs is 1. The van der Waals surface area contributed by atoms with Crippen LogP contribution in [0.15, 0.2) is 0 Å². The van der Waals surface area contributed by atoms with Gasteiger partial charge in [0.1, 0.15) is 0 Å². The van der Waals surface area contributed by atoms with Crippen molar-refractivity contribution >= 4 is 0 Å². The zero-order chi connectivity index (χ0) is 6.06. The molecular weight excluding hydrogens is 108 g/mol. The molecule has 4 rings (SSSR count). The normalized spacial score (nSPS) is 68.3. The van der Waals surface area contributed by atoms with Gasteiger partial charge in [0, 0.05) is 0 Å². The molecule has 0 aromatic rings. The molecule has 0 amide bonds. The minimum absolute atomic E-state index is 0.948. The number of hydrogen-bond donors (Lipinski definition) is 0. The van der Waals surface area contributed by atoms with Crippen molar-refractivity contribution in [2.45, 2.75) is 32.6 Å². The van der Waals surface area contributed by atoms with Crippen molar-refractivity contribution in [2.24, 2.45) is 23.2 Å². The van der Waals surface area contributed by atoms with Crippen molar-refractivity contribution in [3.05, 3.63) is 0 Å². The van der Waals surface area contributed by atoms with Crippen molar-refractivity contribution in [1.82, 2.24) is 0 Å². The first-order valence-corrected chi connectivity index (χ1v) is 4.32. The van der Waals surface area contributed by atoms with Crippen molar-refractivity contribution in [3.63, 3.8) is 0 Å². The Kier molecular flexibility index (Phi) is 0.574. The Labute approximate surface area is 56.6 Å². The molecule has 1 spiro atoms. The molecule has 4 unspecified atom stereocenters. The SMILES string of the molecule is CC1CC23CCC2C1C3. The Morgan fingerprint density at radius 3 is 2.44 bits per heavy atom. The lowest BCUT2D eigenvalue weighted by Gasteiger charge is -2.57. The molecule has 50 valence electrons. The van der Waals surface area contributed by atoms with E-state index in [9.17, 15) is 0 Å². The third-order valence-electron chi connectivity index (χ3n) is 4.36. The molecule has 4 fully saturated rings. The van der Waals surface area contributed by atoms with Gasteiger partial charge in [0.05, 0.1) is 0 Å². The van der Waals surface area contributed by atoms with Gasteiger partial charge in [-0.2, -0.15) is 0 Å². The summed E-state index contributed by atoms with van der Waals surface area (Å²) in [6.45, 7) is 2.46. The van der Waals surface area contributed by atoms with Gasteiger partial charge in [-0.15, -0.1) is 0 Å². The van der Waals surface area contributed by atoms with E-state index in [0.717, 1.165) is 11.3 Å². The lowest BCUT2D eigenvalue weighted by molar-refractivity contribution is -0.0741. The van der Waals surface area contributed by atoms with Crippen LogP contribution in [0.25, 0.3) is 0 Å². The van der Waals surface area contributed by atoms with E-state index < -0.39 is 0 Å². The maximum atomic E-state index is 2.46. The highest BCUT2D eigenvalue weighted by Gasteiger charge is 2.66. The zero-order valence-corrected chi connectivity index (χ0v) is 6.06. The molecule has 0 heterocycles. The molecule has 2 bridgehead atoms. The average molecular weight is 122 g/mol. The summed E-state index contributed by atoms with van der Waals surface area (Å²) in [4.78, 5) is 0. The van der Waals surface area contributed by atoms with Gasteiger partial charge < -0.3 is 0 Å². The predicted octanol–water partition coefficient (Wildman–Crippen LogP) is 2.44. The molecule has 0 nitrogen and oxygen atoms in total. The Morgan fingerprint density at radius 1 is 1.33 bits per heavy atom. The Balaban J connectivity index is 1.99. The standard InChI is InChI=1S/C9H14/c1-6-4-9-3-2-8(9)7(6)5-9/h6-8H,2-5H2,1H3. The highest BCUT2D eigenvalue weighted by Crippen LogP contribution is 2.75. The smallest absolute Gasteiger partial charge is 0.0261 e. The fourth-order valence-electron chi connectivity index (χ4n) is 3.82. The number of hydrogen-bond acceptors (Lipinski definition) is 0. The molecule has 4 aliphatic carbocycles. The summed E-state index contributed by atoms with van der Waals surface area (Å²) >= 11 is 0. The van der Waals surface area contributed by atoms with Crippen molar-refractivity contribution in [1.29, 1.82) is 0 Å². The lowest BCUT2D eigenvalue weighted by atomic mass is 9.48. The Hall–Kier alpha value is 0. The van der Waals surface area contributed by atoms with Crippen molar-refractivity contribution < 1.29 is 0 Å². The van der Waals surface area contributed by atoms with Crippen LogP contribution in [0.5, 0.6) is 0 Å². The molecule has 4 aliphatic rings. The van der Waals surface area contributed by atoms with Crippen LogP contribution in [-0.4, -0.2) is 0 Å². The highest BCUT2D eigenvalue weighted by atomic mass is 14.7. The van der Waals surface area contributed by atoms with Crippen molar-refractivity contribution in [2.75, 3.05) is 0 Å². The largest absolute Gasteiger partial charge is 0.0622 e. The van der Waals surface area contributed by atoms with Crippen LogP contribution in [0.2, 0.25) is 0 Å². The first-order chi connectivity index (χ1) is 4.32. The molecule has 9 heavy (non-hydrogen) atoms. The van der Waals surface area contributed by atoms with Crippen LogP contribution >= 0.6 is 0 Å². The van der Waals surface area contributed by atoms with E-state index in [-0.39, 0.29) is 0 Å². The predicted molar refractivity (Wildman–Crippen MR) is 37.0 cm³/mol. The second-order valence-electron chi connectivity index (χ2n) is 4.56. The van der Waals surface area contributed by atoms with Crippen LogP contribution in [0.1, 0.15) is 32.6 Å². The van der Waals surface area contributed by atoms with Gasteiger partial charge in [0.15, 0.2) is 0 Å². The maximum absolute atomic E-state index is 2.46. The molecule has 0 heteroatoms. The third kappa shape index (κ3) is 0.320. The molecule has 0 aromatic heterocycles. The van der Waals surface area contributed by atoms with Gasteiger partial charge in [0.25, 0.3) is 0 Å². The zero-order valence-electron chi connectivity index (χ0n) is 6.06. The van der Waals surface area contributed by atoms with Crippen LogP contribution in [-0.2, 0) is 0 Å². The van der Waals surface area contributed by atoms with E-state index >= 15 is 0 Å². The van der Waals surface area contributed by atoms with Crippen LogP contribution < -0.4 is 0 Å². The second kappa shape index (κ2) is 1.09. The topological polar surface area (TPSA) is 0 Å². The van der Waals surface area contributed by atoms with E-state index in [1.165, 1.54) is 11.8 Å². The van der Waals surface area contributed by atoms with E-state index in [1.807, 2.05) is 0 Å². The highest BCUT2D eigenvalue weighted by molar-refractivity contribution is 5.15. The molecule has 0 aromatic carbocycles. The summed E-state index contributed by atoms with van der Waals surface area (Å²) in [5, 5.41) is 0. The first-order valence-electron chi connectivity index (χ1n) is 4.32. The van der Waals surface area contributed by atoms with E-state index in [1.54, 1.807) is 25.7 Å². The average Bonchev–Trinajstić information content (AvgIpc) is 2.18. The Morgan fingerprint density at radius 2 is 2.22 bits per heavy atom. The molecule has 0 radical (unpaired) electrons. The van der Waals surface area contributed by atoms with Gasteiger partial charge >= 0.3 is 0 Å². The van der Waals surface area contributed by atoms with Gasteiger partial charge in [-0.3, -0.25) is 0 Å². The van der Waals surface area contributed by atoms with E-state index in [4.69, 9.17) is 0 Å². The van der Waals surface area contributed by atoms with Gasteiger partial charge in [-0.1, -0.05) is 6.92 Å². The third-order valence-corrected chi connectivity index (χ3v) is 4.36. The molecule has 4 atom stereocenters. The van der Waals surface area contributed by atoms with Crippen molar-refractivity contribution in [3.8, 4) is 0 Å². The van der Waals surface area contributed by atoms with Gasteiger partial charge in [0.2, 0.25) is 0 Å². The minimum atomic E-state index is 0.948. The van der Waals surface area contributed by atoms with Crippen LogP contribution in [0.3, 0.4) is 0 Å². The van der Waals surface area contributed by atoms with Gasteiger partial charge in [-0.05, 0) is 48.9 Å². The summed E-state index contributed by atoms with van der Waals surface area (Å²) < 4.78 is 0. The molecule has 0 saturated heterocycles. The summed E-state index contributed by atoms with van der Waals surface area (Å²) in [5.41, 5.74) is 0.948. The number of rotatable bonds is 0. The first kappa shape index (κ1) is 4.76. The molecular formula is C9H14. The summed E-state index contributed by atoms with van der Waals surface area (Å²) in [7, 11) is 0. The lowest BCUT2D eigenvalue weighted by Crippen LogP contribution is -2.48. The molecule has 0 aliphatic heterocycles. The van der Waals surface area contributed by atoms with Crippen LogP contribution in [0.4, 0.5) is 0 Å². The fraction of sp³-hybridized carbons (Fsp3) is 1.00. The quantitative estimate of drug-likeness (QED) is 0.463. The molecule has 4 saturated carbocycles. The van der Waals surface area contributed by atoms with Crippen LogP contribution in [0, 0.1) is 23.2 Å². The summed E-state index contributed by atoms with van der Waals surface area (Å²) in [6.07, 6.45) is 6.36. The Bertz CT molecular complexity index is 161. The summed E-state index contributed by atoms with van der Waals surface area (Å²) in [5.74, 6) is 3.49. The molecule has 0 N–H and O–H groups in total. The van der Waals surface area contributed by atoms with Gasteiger partial charge in [-0.25, -0.2) is 0 Å². The van der Waals surface area contributed by atoms with E-state index in [0.29, 0.717) is 0 Å². The van der Waals surface area contributed by atoms with E-state index in [2.05, 4.69) is 6.92 Å².